The van der Waals surface area contributed by atoms with E-state index in [0.717, 1.165) is 0 Å². The molecule has 0 radical (unpaired) electrons. The van der Waals surface area contributed by atoms with Crippen molar-refractivity contribution in [3.8, 4) is 5.75 Å². The van der Waals surface area contributed by atoms with E-state index in [0.29, 0.717) is 23.2 Å². The van der Waals surface area contributed by atoms with Crippen molar-refractivity contribution in [2.24, 2.45) is 0 Å². The SMILES string of the molecule is COc1c(Br)ccc(C2OCCO2)c1F. The van der Waals surface area contributed by atoms with Gasteiger partial charge < -0.3 is 14.2 Å². The maximum atomic E-state index is 13.9. The molecule has 0 saturated carbocycles. The van der Waals surface area contributed by atoms with Crippen LogP contribution in [0.3, 0.4) is 0 Å². The van der Waals surface area contributed by atoms with Crippen LogP contribution in [0.15, 0.2) is 16.6 Å². The third kappa shape index (κ3) is 2.00. The lowest BCUT2D eigenvalue weighted by molar-refractivity contribution is -0.0467. The Labute approximate surface area is 95.3 Å². The first-order valence-electron chi connectivity index (χ1n) is 4.49. The second kappa shape index (κ2) is 4.47. The largest absolute Gasteiger partial charge is 0.492 e. The van der Waals surface area contributed by atoms with E-state index >= 15 is 0 Å². The number of rotatable bonds is 2. The fraction of sp³-hybridized carbons (Fsp3) is 0.400. The minimum atomic E-state index is -0.619. The highest BCUT2D eigenvalue weighted by Crippen LogP contribution is 2.35. The van der Waals surface area contributed by atoms with Gasteiger partial charge in [0.2, 0.25) is 0 Å². The van der Waals surface area contributed by atoms with Crippen LogP contribution in [0.1, 0.15) is 11.9 Å². The summed E-state index contributed by atoms with van der Waals surface area (Å²) < 4.78 is 29.8. The summed E-state index contributed by atoms with van der Waals surface area (Å²) >= 11 is 3.20. The number of benzene rings is 1. The van der Waals surface area contributed by atoms with Crippen LogP contribution in [0.2, 0.25) is 0 Å². The molecule has 0 aliphatic carbocycles. The van der Waals surface area contributed by atoms with Gasteiger partial charge in [0, 0.05) is 5.56 Å². The van der Waals surface area contributed by atoms with Crippen molar-refractivity contribution in [1.82, 2.24) is 0 Å². The van der Waals surface area contributed by atoms with Gasteiger partial charge in [0.15, 0.2) is 17.9 Å². The second-order valence-corrected chi connectivity index (χ2v) is 3.91. The molecule has 1 aliphatic heterocycles. The van der Waals surface area contributed by atoms with Crippen molar-refractivity contribution in [3.63, 3.8) is 0 Å². The molecule has 82 valence electrons. The van der Waals surface area contributed by atoms with Crippen molar-refractivity contribution in [2.75, 3.05) is 20.3 Å². The van der Waals surface area contributed by atoms with E-state index in [9.17, 15) is 4.39 Å². The van der Waals surface area contributed by atoms with E-state index in [1.54, 1.807) is 12.1 Å². The molecule has 1 aliphatic rings. The Bertz CT molecular complexity index is 364. The van der Waals surface area contributed by atoms with Gasteiger partial charge in [0.05, 0.1) is 24.8 Å². The predicted octanol–water partition coefficient (Wildman–Crippen LogP) is 2.64. The summed E-state index contributed by atoms with van der Waals surface area (Å²) in [5, 5.41) is 0. The van der Waals surface area contributed by atoms with E-state index in [1.165, 1.54) is 7.11 Å². The Morgan fingerprint density at radius 2 is 2.07 bits per heavy atom. The van der Waals surface area contributed by atoms with E-state index in [1.807, 2.05) is 0 Å². The Kier molecular flexibility index (Phi) is 3.23. The summed E-state index contributed by atoms with van der Waals surface area (Å²) in [5.74, 6) is -0.273. The summed E-state index contributed by atoms with van der Waals surface area (Å²) in [6.45, 7) is 0.977. The average molecular weight is 277 g/mol. The molecular formula is C10H10BrFO3. The maximum Gasteiger partial charge on any atom is 0.186 e. The summed E-state index contributed by atoms with van der Waals surface area (Å²) in [6.07, 6.45) is -0.619. The number of hydrogen-bond acceptors (Lipinski definition) is 3. The standard InChI is InChI=1S/C10H10BrFO3/c1-13-9-7(11)3-2-6(8(9)12)10-14-4-5-15-10/h2-3,10H,4-5H2,1H3. The molecule has 0 N–H and O–H groups in total. The molecule has 0 atom stereocenters. The monoisotopic (exact) mass is 276 g/mol. The molecule has 0 bridgehead atoms. The van der Waals surface area contributed by atoms with Gasteiger partial charge >= 0.3 is 0 Å². The van der Waals surface area contributed by atoms with Crippen LogP contribution in [0.4, 0.5) is 4.39 Å². The lowest BCUT2D eigenvalue weighted by atomic mass is 10.2. The van der Waals surface area contributed by atoms with Crippen molar-refractivity contribution >= 4 is 15.9 Å². The number of halogens is 2. The molecule has 1 aromatic rings. The topological polar surface area (TPSA) is 27.7 Å². The molecule has 1 aromatic carbocycles. The van der Waals surface area contributed by atoms with Crippen molar-refractivity contribution in [1.29, 1.82) is 0 Å². The molecule has 15 heavy (non-hydrogen) atoms. The molecule has 1 fully saturated rings. The van der Waals surface area contributed by atoms with E-state index in [-0.39, 0.29) is 5.75 Å². The molecule has 0 spiro atoms. The van der Waals surface area contributed by atoms with Crippen LogP contribution in [0.25, 0.3) is 0 Å². The fourth-order valence-electron chi connectivity index (χ4n) is 1.45. The Hall–Kier alpha value is -0.650. The summed E-state index contributed by atoms with van der Waals surface area (Å²) in [5.41, 5.74) is 0.368. The molecule has 1 saturated heterocycles. The van der Waals surface area contributed by atoms with Crippen LogP contribution in [-0.2, 0) is 9.47 Å². The summed E-state index contributed by atoms with van der Waals surface area (Å²) in [6, 6.07) is 3.33. The van der Waals surface area contributed by atoms with Gasteiger partial charge in [-0.25, -0.2) is 4.39 Å². The first-order valence-corrected chi connectivity index (χ1v) is 5.28. The van der Waals surface area contributed by atoms with E-state index in [2.05, 4.69) is 15.9 Å². The molecule has 3 nitrogen and oxygen atoms in total. The maximum absolute atomic E-state index is 13.9. The summed E-state index contributed by atoms with van der Waals surface area (Å²) in [4.78, 5) is 0. The second-order valence-electron chi connectivity index (χ2n) is 3.06. The zero-order valence-corrected chi connectivity index (χ0v) is 9.71. The zero-order chi connectivity index (χ0) is 10.8. The van der Waals surface area contributed by atoms with Crippen molar-refractivity contribution in [3.05, 3.63) is 28.0 Å². The van der Waals surface area contributed by atoms with Gasteiger partial charge in [0.25, 0.3) is 0 Å². The van der Waals surface area contributed by atoms with Crippen LogP contribution in [0, 0.1) is 5.82 Å². The molecule has 0 amide bonds. The first kappa shape index (κ1) is 10.9. The van der Waals surface area contributed by atoms with E-state index < -0.39 is 12.1 Å². The minimum absolute atomic E-state index is 0.173. The average Bonchev–Trinajstić information content (AvgIpc) is 2.71. The lowest BCUT2D eigenvalue weighted by Gasteiger charge is -2.13. The first-order chi connectivity index (χ1) is 7.24. The fourth-order valence-corrected chi connectivity index (χ4v) is 1.92. The number of hydrogen-bond donors (Lipinski definition) is 0. The Morgan fingerprint density at radius 3 is 2.67 bits per heavy atom. The van der Waals surface area contributed by atoms with Gasteiger partial charge in [-0.15, -0.1) is 0 Å². The number of methoxy groups -OCH3 is 1. The van der Waals surface area contributed by atoms with Crippen molar-refractivity contribution in [2.45, 2.75) is 6.29 Å². The molecule has 0 unspecified atom stereocenters. The smallest absolute Gasteiger partial charge is 0.186 e. The third-order valence-corrected chi connectivity index (χ3v) is 2.78. The molecular weight excluding hydrogens is 267 g/mol. The van der Waals surface area contributed by atoms with E-state index in [4.69, 9.17) is 14.2 Å². The number of ether oxygens (including phenoxy) is 3. The third-order valence-electron chi connectivity index (χ3n) is 2.16. The van der Waals surface area contributed by atoms with Crippen LogP contribution in [0.5, 0.6) is 5.75 Å². The van der Waals surface area contributed by atoms with Gasteiger partial charge in [-0.05, 0) is 28.1 Å². The predicted molar refractivity (Wildman–Crippen MR) is 55.3 cm³/mol. The van der Waals surface area contributed by atoms with Gasteiger partial charge in [0.1, 0.15) is 0 Å². The quantitative estimate of drug-likeness (QED) is 0.831. The highest BCUT2D eigenvalue weighted by atomic mass is 79.9. The molecule has 5 heteroatoms. The van der Waals surface area contributed by atoms with Crippen molar-refractivity contribution < 1.29 is 18.6 Å². The molecule has 1 heterocycles. The zero-order valence-electron chi connectivity index (χ0n) is 8.13. The Balaban J connectivity index is 2.39. The minimum Gasteiger partial charge on any atom is -0.492 e. The highest BCUT2D eigenvalue weighted by Gasteiger charge is 2.24. The lowest BCUT2D eigenvalue weighted by Crippen LogP contribution is -2.03. The van der Waals surface area contributed by atoms with Crippen LogP contribution < -0.4 is 4.74 Å². The highest BCUT2D eigenvalue weighted by molar-refractivity contribution is 9.10. The molecule has 2 rings (SSSR count). The van der Waals surface area contributed by atoms with Gasteiger partial charge in [-0.3, -0.25) is 0 Å². The van der Waals surface area contributed by atoms with Gasteiger partial charge in [-0.2, -0.15) is 0 Å². The van der Waals surface area contributed by atoms with Crippen LogP contribution >= 0.6 is 15.9 Å². The molecule has 0 aromatic heterocycles. The van der Waals surface area contributed by atoms with Crippen LogP contribution in [-0.4, -0.2) is 20.3 Å². The summed E-state index contributed by atoms with van der Waals surface area (Å²) in [7, 11) is 1.42. The van der Waals surface area contributed by atoms with Gasteiger partial charge in [-0.1, -0.05) is 0 Å². The normalized spacial score (nSPS) is 17.0. The Morgan fingerprint density at radius 1 is 1.40 bits per heavy atom.